The molecule has 1 nitrogen and oxygen atoms in total. The molecule has 3 rings (SSSR count). The predicted octanol–water partition coefficient (Wildman–Crippen LogP) is 4.06. The summed E-state index contributed by atoms with van der Waals surface area (Å²) < 4.78 is 0. The van der Waals surface area contributed by atoms with Crippen LogP contribution in [0.2, 0.25) is 0 Å². The van der Waals surface area contributed by atoms with E-state index in [0.29, 0.717) is 17.6 Å². The Kier molecular flexibility index (Phi) is 3.04. The van der Waals surface area contributed by atoms with Crippen LogP contribution in [-0.4, -0.2) is 5.78 Å². The van der Waals surface area contributed by atoms with Gasteiger partial charge in [-0.3, -0.25) is 4.79 Å². The molecule has 3 aliphatic rings. The minimum Gasteiger partial charge on any atom is -0.299 e. The van der Waals surface area contributed by atoms with Crippen LogP contribution in [0.15, 0.2) is 0 Å². The zero-order valence-electron chi connectivity index (χ0n) is 11.3. The van der Waals surface area contributed by atoms with Crippen molar-refractivity contribution in [2.75, 3.05) is 0 Å². The Morgan fingerprint density at radius 1 is 0.882 bits per heavy atom. The van der Waals surface area contributed by atoms with Gasteiger partial charge in [-0.25, -0.2) is 0 Å². The third-order valence-corrected chi connectivity index (χ3v) is 5.57. The van der Waals surface area contributed by atoms with Gasteiger partial charge in [-0.05, 0) is 55.8 Å². The fourth-order valence-electron chi connectivity index (χ4n) is 4.87. The summed E-state index contributed by atoms with van der Waals surface area (Å²) in [6, 6.07) is 0. The van der Waals surface area contributed by atoms with Gasteiger partial charge in [0, 0.05) is 11.8 Å². The number of Topliss-reactive ketones (excluding diaryl/α,β-unsaturated/α-hetero) is 1. The van der Waals surface area contributed by atoms with Crippen molar-refractivity contribution in [1.29, 1.82) is 0 Å². The van der Waals surface area contributed by atoms with Crippen LogP contribution in [0.3, 0.4) is 0 Å². The fraction of sp³-hybridized carbons (Fsp3) is 0.938. The molecule has 0 aromatic carbocycles. The second-order valence-electron chi connectivity index (χ2n) is 7.15. The highest BCUT2D eigenvalue weighted by molar-refractivity contribution is 5.86. The van der Waals surface area contributed by atoms with Crippen LogP contribution in [0.5, 0.6) is 0 Å². The van der Waals surface area contributed by atoms with E-state index in [0.717, 1.165) is 23.7 Å². The van der Waals surface area contributed by atoms with Crippen molar-refractivity contribution in [2.45, 2.75) is 58.8 Å². The van der Waals surface area contributed by atoms with E-state index in [1.165, 1.54) is 44.9 Å². The first-order valence-corrected chi connectivity index (χ1v) is 7.70. The zero-order chi connectivity index (χ0) is 12.0. The summed E-state index contributed by atoms with van der Waals surface area (Å²) in [4.78, 5) is 12.6. The lowest BCUT2D eigenvalue weighted by atomic mass is 9.74. The smallest absolute Gasteiger partial charge is 0.139 e. The normalized spacial score (nSPS) is 49.5. The highest BCUT2D eigenvalue weighted by Gasteiger charge is 2.55. The second kappa shape index (κ2) is 4.40. The molecule has 4 unspecified atom stereocenters. The molecule has 0 aromatic rings. The van der Waals surface area contributed by atoms with Crippen molar-refractivity contribution in [2.24, 2.45) is 35.5 Å². The highest BCUT2D eigenvalue weighted by atomic mass is 16.1. The van der Waals surface area contributed by atoms with Crippen molar-refractivity contribution in [1.82, 2.24) is 0 Å². The molecule has 4 atom stereocenters. The fourth-order valence-corrected chi connectivity index (χ4v) is 4.87. The van der Waals surface area contributed by atoms with Crippen LogP contribution in [0.25, 0.3) is 0 Å². The van der Waals surface area contributed by atoms with Crippen molar-refractivity contribution >= 4 is 5.78 Å². The molecule has 1 heteroatoms. The van der Waals surface area contributed by atoms with E-state index < -0.39 is 0 Å². The molecule has 17 heavy (non-hydrogen) atoms. The Balaban J connectivity index is 1.62. The van der Waals surface area contributed by atoms with Gasteiger partial charge in [0.05, 0.1) is 0 Å². The number of carbonyl (C=O) groups excluding carboxylic acids is 1. The molecule has 0 saturated heterocycles. The monoisotopic (exact) mass is 234 g/mol. The van der Waals surface area contributed by atoms with Crippen molar-refractivity contribution < 1.29 is 4.79 Å². The molecule has 0 heterocycles. The van der Waals surface area contributed by atoms with E-state index in [4.69, 9.17) is 0 Å². The SMILES string of the molecule is CC1CC(C)CC(C(=O)C2C3CCCCC32)C1. The summed E-state index contributed by atoms with van der Waals surface area (Å²) in [5.41, 5.74) is 0. The summed E-state index contributed by atoms with van der Waals surface area (Å²) in [6.07, 6.45) is 9.14. The van der Waals surface area contributed by atoms with E-state index >= 15 is 0 Å². The van der Waals surface area contributed by atoms with Gasteiger partial charge >= 0.3 is 0 Å². The maximum absolute atomic E-state index is 12.6. The standard InChI is InChI=1S/C16H26O/c1-10-7-11(2)9-12(8-10)16(17)15-13-5-3-4-6-14(13)15/h10-15H,3-9H2,1-2H3. The molecule has 3 fully saturated rings. The van der Waals surface area contributed by atoms with Crippen LogP contribution in [0, 0.1) is 35.5 Å². The number of carbonyl (C=O) groups is 1. The Hall–Kier alpha value is -0.330. The summed E-state index contributed by atoms with van der Waals surface area (Å²) in [7, 11) is 0. The topological polar surface area (TPSA) is 17.1 Å². The zero-order valence-corrected chi connectivity index (χ0v) is 11.3. The first-order chi connectivity index (χ1) is 8.16. The van der Waals surface area contributed by atoms with Gasteiger partial charge in [-0.1, -0.05) is 26.7 Å². The molecular formula is C16H26O. The lowest BCUT2D eigenvalue weighted by molar-refractivity contribution is -0.126. The minimum atomic E-state index is 0.421. The third kappa shape index (κ3) is 2.18. The van der Waals surface area contributed by atoms with E-state index in [9.17, 15) is 4.79 Å². The number of ketones is 1. The first kappa shape index (κ1) is 11.7. The second-order valence-corrected chi connectivity index (χ2v) is 7.15. The number of rotatable bonds is 2. The van der Waals surface area contributed by atoms with Gasteiger partial charge in [-0.15, -0.1) is 0 Å². The van der Waals surface area contributed by atoms with E-state index in [1.807, 2.05) is 0 Å². The molecule has 3 saturated carbocycles. The number of fused-ring (bicyclic) bond motifs is 1. The van der Waals surface area contributed by atoms with Gasteiger partial charge in [0.2, 0.25) is 0 Å². The molecular weight excluding hydrogens is 208 g/mol. The van der Waals surface area contributed by atoms with Gasteiger partial charge in [0.25, 0.3) is 0 Å². The summed E-state index contributed by atoms with van der Waals surface area (Å²) in [6.45, 7) is 4.66. The quantitative estimate of drug-likeness (QED) is 0.704. The van der Waals surface area contributed by atoms with Crippen LogP contribution in [-0.2, 0) is 4.79 Å². The van der Waals surface area contributed by atoms with Gasteiger partial charge in [-0.2, -0.15) is 0 Å². The van der Waals surface area contributed by atoms with Crippen LogP contribution in [0.1, 0.15) is 58.8 Å². The molecule has 0 amide bonds. The maximum Gasteiger partial charge on any atom is 0.139 e. The molecule has 0 aromatic heterocycles. The lowest BCUT2D eigenvalue weighted by Crippen LogP contribution is -2.27. The van der Waals surface area contributed by atoms with E-state index in [2.05, 4.69) is 13.8 Å². The average molecular weight is 234 g/mol. The van der Waals surface area contributed by atoms with Crippen molar-refractivity contribution in [3.8, 4) is 0 Å². The molecule has 96 valence electrons. The Labute approximate surface area is 105 Å². The van der Waals surface area contributed by atoms with Crippen molar-refractivity contribution in [3.63, 3.8) is 0 Å². The molecule has 0 spiro atoms. The van der Waals surface area contributed by atoms with Gasteiger partial charge < -0.3 is 0 Å². The highest BCUT2D eigenvalue weighted by Crippen LogP contribution is 2.57. The largest absolute Gasteiger partial charge is 0.299 e. The molecule has 0 radical (unpaired) electrons. The third-order valence-electron chi connectivity index (χ3n) is 5.57. The van der Waals surface area contributed by atoms with Gasteiger partial charge in [0.1, 0.15) is 5.78 Å². The summed E-state index contributed by atoms with van der Waals surface area (Å²) >= 11 is 0. The average Bonchev–Trinajstić information content (AvgIpc) is 3.00. The summed E-state index contributed by atoms with van der Waals surface area (Å²) in [5.74, 6) is 4.75. The van der Waals surface area contributed by atoms with Crippen molar-refractivity contribution in [3.05, 3.63) is 0 Å². The Morgan fingerprint density at radius 2 is 1.41 bits per heavy atom. The predicted molar refractivity (Wildman–Crippen MR) is 69.6 cm³/mol. The van der Waals surface area contributed by atoms with Crippen LogP contribution in [0.4, 0.5) is 0 Å². The van der Waals surface area contributed by atoms with Gasteiger partial charge in [0.15, 0.2) is 0 Å². The van der Waals surface area contributed by atoms with Crippen LogP contribution >= 0.6 is 0 Å². The molecule has 0 aliphatic heterocycles. The first-order valence-electron chi connectivity index (χ1n) is 7.70. The summed E-state index contributed by atoms with van der Waals surface area (Å²) in [5, 5.41) is 0. The molecule has 0 bridgehead atoms. The Morgan fingerprint density at radius 3 is 1.94 bits per heavy atom. The Bertz CT molecular complexity index is 287. The van der Waals surface area contributed by atoms with Crippen LogP contribution < -0.4 is 0 Å². The van der Waals surface area contributed by atoms with E-state index in [-0.39, 0.29) is 0 Å². The minimum absolute atomic E-state index is 0.421. The molecule has 0 N–H and O–H groups in total. The maximum atomic E-state index is 12.6. The van der Waals surface area contributed by atoms with E-state index in [1.54, 1.807) is 0 Å². The number of hydrogen-bond donors (Lipinski definition) is 0. The lowest BCUT2D eigenvalue weighted by Gasteiger charge is -2.30. The number of hydrogen-bond acceptors (Lipinski definition) is 1. The molecule has 3 aliphatic carbocycles.